The minimum absolute atomic E-state index is 0.397. The Labute approximate surface area is 87.7 Å². The van der Waals surface area contributed by atoms with E-state index >= 15 is 0 Å². The van der Waals surface area contributed by atoms with Crippen molar-refractivity contribution >= 4 is 23.2 Å². The number of hydrogen-bond donors (Lipinski definition) is 0. The first-order chi connectivity index (χ1) is 6.08. The van der Waals surface area contributed by atoms with Crippen molar-refractivity contribution in [2.24, 2.45) is 0 Å². The minimum Gasteiger partial charge on any atom is -0.309 e. The van der Waals surface area contributed by atoms with Crippen LogP contribution < -0.4 is 0 Å². The summed E-state index contributed by atoms with van der Waals surface area (Å²) < 4.78 is 0. The predicted molar refractivity (Wildman–Crippen MR) is 54.3 cm³/mol. The molecule has 0 fully saturated rings. The summed E-state index contributed by atoms with van der Waals surface area (Å²) in [6, 6.07) is 1.53. The maximum atomic E-state index is 5.72. The van der Waals surface area contributed by atoms with E-state index in [1.54, 1.807) is 0 Å². The van der Waals surface area contributed by atoms with Gasteiger partial charge in [0.15, 0.2) is 0 Å². The number of nitrogens with zero attached hydrogens (tertiary/aromatic N) is 3. The number of halogens is 2. The van der Waals surface area contributed by atoms with Crippen molar-refractivity contribution in [3.05, 3.63) is 22.2 Å². The van der Waals surface area contributed by atoms with E-state index in [-0.39, 0.29) is 0 Å². The lowest BCUT2D eigenvalue weighted by molar-refractivity contribution is 0.409. The highest BCUT2D eigenvalue weighted by atomic mass is 35.5. The summed E-state index contributed by atoms with van der Waals surface area (Å²) in [6.45, 7) is 0.886. The quantitative estimate of drug-likeness (QED) is 0.728. The molecule has 1 aromatic heterocycles. The Morgan fingerprint density at radius 2 is 1.77 bits per heavy atom. The second-order valence-corrected chi connectivity index (χ2v) is 3.76. The van der Waals surface area contributed by atoms with Crippen molar-refractivity contribution in [3.8, 4) is 0 Å². The smallest absolute Gasteiger partial charge is 0.134 e. The van der Waals surface area contributed by atoms with Gasteiger partial charge in [0.1, 0.15) is 16.1 Å². The molecule has 0 unspecified atom stereocenters. The van der Waals surface area contributed by atoms with Crippen molar-refractivity contribution in [3.63, 3.8) is 0 Å². The lowest BCUT2D eigenvalue weighted by Crippen LogP contribution is -2.16. The Kier molecular flexibility index (Phi) is 3.90. The van der Waals surface area contributed by atoms with Gasteiger partial charge in [0.2, 0.25) is 0 Å². The SMILES string of the molecule is CN(C)CCc1nc(Cl)cc(Cl)n1. The van der Waals surface area contributed by atoms with Gasteiger partial charge in [0, 0.05) is 19.0 Å². The van der Waals surface area contributed by atoms with Gasteiger partial charge in [-0.2, -0.15) is 0 Å². The first-order valence-corrected chi connectivity index (χ1v) is 4.67. The molecule has 72 valence electrons. The first kappa shape index (κ1) is 10.7. The highest BCUT2D eigenvalue weighted by Crippen LogP contribution is 2.11. The summed E-state index contributed by atoms with van der Waals surface area (Å²) in [6.07, 6.45) is 0.757. The van der Waals surface area contributed by atoms with Gasteiger partial charge in [-0.3, -0.25) is 0 Å². The zero-order valence-corrected chi connectivity index (χ0v) is 9.10. The van der Waals surface area contributed by atoms with Crippen LogP contribution in [0.3, 0.4) is 0 Å². The fourth-order valence-corrected chi connectivity index (χ4v) is 1.33. The summed E-state index contributed by atoms with van der Waals surface area (Å²) in [5.74, 6) is 0.686. The second kappa shape index (κ2) is 4.74. The van der Waals surface area contributed by atoms with Crippen LogP contribution in [0.2, 0.25) is 10.3 Å². The number of rotatable bonds is 3. The van der Waals surface area contributed by atoms with Crippen LogP contribution in [0.25, 0.3) is 0 Å². The van der Waals surface area contributed by atoms with Gasteiger partial charge in [-0.1, -0.05) is 23.2 Å². The van der Waals surface area contributed by atoms with E-state index in [9.17, 15) is 0 Å². The monoisotopic (exact) mass is 219 g/mol. The van der Waals surface area contributed by atoms with E-state index in [0.29, 0.717) is 16.1 Å². The Bertz CT molecular complexity index is 268. The summed E-state index contributed by atoms with van der Waals surface area (Å²) in [5.41, 5.74) is 0. The molecule has 0 saturated heterocycles. The zero-order chi connectivity index (χ0) is 9.84. The molecule has 0 amide bonds. The lowest BCUT2D eigenvalue weighted by Gasteiger charge is -2.07. The normalized spacial score (nSPS) is 10.8. The number of aromatic nitrogens is 2. The van der Waals surface area contributed by atoms with Crippen LogP contribution in [0, 0.1) is 0 Å². The molecule has 0 aromatic carbocycles. The molecule has 0 atom stereocenters. The fraction of sp³-hybridized carbons (Fsp3) is 0.500. The molecule has 13 heavy (non-hydrogen) atoms. The summed E-state index contributed by atoms with van der Waals surface area (Å²) in [7, 11) is 3.98. The maximum Gasteiger partial charge on any atom is 0.134 e. The third kappa shape index (κ3) is 3.89. The highest BCUT2D eigenvalue weighted by molar-refractivity contribution is 6.33. The van der Waals surface area contributed by atoms with Crippen molar-refractivity contribution in [1.29, 1.82) is 0 Å². The highest BCUT2D eigenvalue weighted by Gasteiger charge is 2.01. The molecule has 0 spiro atoms. The van der Waals surface area contributed by atoms with Gasteiger partial charge in [-0.25, -0.2) is 9.97 Å². The Morgan fingerprint density at radius 3 is 2.23 bits per heavy atom. The molecular weight excluding hydrogens is 209 g/mol. The largest absolute Gasteiger partial charge is 0.309 e. The second-order valence-electron chi connectivity index (χ2n) is 2.98. The number of likely N-dealkylation sites (N-methyl/N-ethyl adjacent to an activating group) is 1. The van der Waals surface area contributed by atoms with E-state index in [0.717, 1.165) is 13.0 Å². The fourth-order valence-electron chi connectivity index (χ4n) is 0.870. The van der Waals surface area contributed by atoms with Crippen molar-refractivity contribution < 1.29 is 0 Å². The van der Waals surface area contributed by atoms with Crippen molar-refractivity contribution in [2.75, 3.05) is 20.6 Å². The standard InChI is InChI=1S/C8H11Cl2N3/c1-13(2)4-3-8-11-6(9)5-7(10)12-8/h5H,3-4H2,1-2H3. The van der Waals surface area contributed by atoms with Gasteiger partial charge < -0.3 is 4.90 Å². The molecule has 3 nitrogen and oxygen atoms in total. The molecular formula is C8H11Cl2N3. The average Bonchev–Trinajstić information content (AvgIpc) is 1.99. The molecule has 5 heteroatoms. The van der Waals surface area contributed by atoms with Gasteiger partial charge >= 0.3 is 0 Å². The van der Waals surface area contributed by atoms with E-state index in [1.807, 2.05) is 14.1 Å². The van der Waals surface area contributed by atoms with Crippen LogP contribution in [0.4, 0.5) is 0 Å². The summed E-state index contributed by atoms with van der Waals surface area (Å²) >= 11 is 11.4. The molecule has 0 aliphatic rings. The Balaban J connectivity index is 2.66. The van der Waals surface area contributed by atoms with Gasteiger partial charge in [0.25, 0.3) is 0 Å². The third-order valence-electron chi connectivity index (χ3n) is 1.49. The molecule has 0 radical (unpaired) electrons. The molecule has 1 aromatic rings. The molecule has 0 aliphatic heterocycles. The van der Waals surface area contributed by atoms with Gasteiger partial charge in [-0.05, 0) is 14.1 Å². The van der Waals surface area contributed by atoms with E-state index in [2.05, 4.69) is 14.9 Å². The van der Waals surface area contributed by atoms with Crippen LogP contribution in [-0.2, 0) is 6.42 Å². The van der Waals surface area contributed by atoms with Crippen molar-refractivity contribution in [2.45, 2.75) is 6.42 Å². The topological polar surface area (TPSA) is 29.0 Å². The van der Waals surface area contributed by atoms with E-state index in [4.69, 9.17) is 23.2 Å². The molecule has 0 bridgehead atoms. The minimum atomic E-state index is 0.397. The predicted octanol–water partition coefficient (Wildman–Crippen LogP) is 1.89. The first-order valence-electron chi connectivity index (χ1n) is 3.91. The Morgan fingerprint density at radius 1 is 1.23 bits per heavy atom. The van der Waals surface area contributed by atoms with Crippen molar-refractivity contribution in [1.82, 2.24) is 14.9 Å². The summed E-state index contributed by atoms with van der Waals surface area (Å²) in [4.78, 5) is 10.2. The molecule has 1 heterocycles. The zero-order valence-electron chi connectivity index (χ0n) is 7.59. The molecule has 0 saturated carbocycles. The van der Waals surface area contributed by atoms with Crippen LogP contribution in [0.5, 0.6) is 0 Å². The average molecular weight is 220 g/mol. The van der Waals surface area contributed by atoms with Crippen LogP contribution in [0.1, 0.15) is 5.82 Å². The molecule has 0 aliphatic carbocycles. The van der Waals surface area contributed by atoms with Crippen LogP contribution >= 0.6 is 23.2 Å². The molecule has 1 rings (SSSR count). The van der Waals surface area contributed by atoms with Crippen LogP contribution in [0.15, 0.2) is 6.07 Å². The summed E-state index contributed by atoms with van der Waals surface area (Å²) in [5, 5.41) is 0.794. The van der Waals surface area contributed by atoms with Gasteiger partial charge in [-0.15, -0.1) is 0 Å². The van der Waals surface area contributed by atoms with Crippen LogP contribution in [-0.4, -0.2) is 35.5 Å². The van der Waals surface area contributed by atoms with E-state index < -0.39 is 0 Å². The third-order valence-corrected chi connectivity index (χ3v) is 1.88. The van der Waals surface area contributed by atoms with Gasteiger partial charge in [0.05, 0.1) is 0 Å². The Hall–Kier alpha value is -0.380. The molecule has 0 N–H and O–H groups in total. The number of hydrogen-bond acceptors (Lipinski definition) is 3. The van der Waals surface area contributed by atoms with E-state index in [1.165, 1.54) is 6.07 Å². The maximum absolute atomic E-state index is 5.72. The lowest BCUT2D eigenvalue weighted by atomic mass is 10.4.